The average Bonchev–Trinajstić information content (AvgIpc) is 3.10. The molecule has 1 fully saturated rings. The second-order valence-corrected chi connectivity index (χ2v) is 6.61. The highest BCUT2D eigenvalue weighted by Crippen LogP contribution is 2.34. The molecule has 26 heavy (non-hydrogen) atoms. The zero-order chi connectivity index (χ0) is 18.2. The minimum atomic E-state index is 0.0699. The number of benzene rings is 1. The van der Waals surface area contributed by atoms with E-state index >= 15 is 0 Å². The first-order valence-corrected chi connectivity index (χ1v) is 9.22. The fraction of sp³-hybridized carbons (Fsp3) is 0.526. The van der Waals surface area contributed by atoms with Gasteiger partial charge in [0.2, 0.25) is 0 Å². The highest BCUT2D eigenvalue weighted by Gasteiger charge is 2.34. The van der Waals surface area contributed by atoms with Gasteiger partial charge in [0.05, 0.1) is 0 Å². The largest absolute Gasteiger partial charge is 0.381 e. The molecular formula is C19H28N6O. The summed E-state index contributed by atoms with van der Waals surface area (Å²) < 4.78 is 7.37. The summed E-state index contributed by atoms with van der Waals surface area (Å²) in [5.74, 6) is 1.64. The van der Waals surface area contributed by atoms with E-state index in [0.717, 1.165) is 50.9 Å². The maximum absolute atomic E-state index is 5.62. The Labute approximate surface area is 154 Å². The van der Waals surface area contributed by atoms with Crippen molar-refractivity contribution in [3.05, 3.63) is 48.0 Å². The minimum absolute atomic E-state index is 0.0699. The van der Waals surface area contributed by atoms with Crippen molar-refractivity contribution >= 4 is 5.96 Å². The van der Waals surface area contributed by atoms with E-state index in [0.29, 0.717) is 6.54 Å². The second kappa shape index (κ2) is 8.80. The van der Waals surface area contributed by atoms with Crippen molar-refractivity contribution in [3.63, 3.8) is 0 Å². The molecule has 0 saturated carbocycles. The van der Waals surface area contributed by atoms with Gasteiger partial charge in [-0.3, -0.25) is 4.68 Å². The highest BCUT2D eigenvalue weighted by molar-refractivity contribution is 5.79. The summed E-state index contributed by atoms with van der Waals surface area (Å²) in [6.07, 6.45) is 3.57. The van der Waals surface area contributed by atoms with E-state index in [1.54, 1.807) is 11.0 Å². The number of aliphatic imine (C=N–C) groups is 1. The fourth-order valence-corrected chi connectivity index (χ4v) is 3.33. The maximum atomic E-state index is 5.62. The quantitative estimate of drug-likeness (QED) is 0.608. The monoisotopic (exact) mass is 356 g/mol. The summed E-state index contributed by atoms with van der Waals surface area (Å²) in [7, 11) is 1.88. The van der Waals surface area contributed by atoms with Crippen molar-refractivity contribution < 1.29 is 4.74 Å². The number of ether oxygens (including phenoxy) is 1. The molecule has 0 amide bonds. The van der Waals surface area contributed by atoms with Crippen molar-refractivity contribution in [1.29, 1.82) is 0 Å². The molecule has 3 rings (SSSR count). The van der Waals surface area contributed by atoms with Crippen LogP contribution < -0.4 is 10.6 Å². The molecule has 1 aromatic carbocycles. The molecule has 0 aliphatic carbocycles. The first-order chi connectivity index (χ1) is 12.7. The molecule has 0 atom stereocenters. The Morgan fingerprint density at radius 3 is 2.65 bits per heavy atom. The number of nitrogens with one attached hydrogen (secondary N) is 2. The van der Waals surface area contributed by atoms with Crippen molar-refractivity contribution in [2.24, 2.45) is 12.0 Å². The standard InChI is InChI=1S/C19H28N6O/c1-3-20-18(21-13-17-23-15-24-25(17)2)22-14-19(9-11-26-12-10-19)16-7-5-4-6-8-16/h4-8,15H,3,9-14H2,1-2H3,(H2,20,21,22). The summed E-state index contributed by atoms with van der Waals surface area (Å²) in [5, 5.41) is 11.0. The zero-order valence-electron chi connectivity index (χ0n) is 15.6. The van der Waals surface area contributed by atoms with Gasteiger partial charge in [0.1, 0.15) is 18.7 Å². The molecule has 0 unspecified atom stereocenters. The molecule has 1 saturated heterocycles. The lowest BCUT2D eigenvalue weighted by molar-refractivity contribution is 0.0514. The van der Waals surface area contributed by atoms with Crippen LogP contribution in [0.15, 0.2) is 41.7 Å². The molecule has 1 aromatic heterocycles. The Balaban J connectivity index is 1.72. The van der Waals surface area contributed by atoms with Crippen LogP contribution in [-0.2, 0) is 23.7 Å². The first-order valence-electron chi connectivity index (χ1n) is 9.22. The van der Waals surface area contributed by atoms with Gasteiger partial charge in [-0.25, -0.2) is 9.98 Å². The van der Waals surface area contributed by atoms with Crippen LogP contribution in [0.2, 0.25) is 0 Å². The average molecular weight is 356 g/mol. The lowest BCUT2D eigenvalue weighted by Crippen LogP contribution is -2.48. The normalized spacial score (nSPS) is 17.1. The van der Waals surface area contributed by atoms with Crippen LogP contribution in [0.25, 0.3) is 0 Å². The highest BCUT2D eigenvalue weighted by atomic mass is 16.5. The van der Waals surface area contributed by atoms with Crippen molar-refractivity contribution in [1.82, 2.24) is 25.4 Å². The molecule has 7 heteroatoms. The molecule has 2 heterocycles. The van der Waals surface area contributed by atoms with E-state index in [9.17, 15) is 0 Å². The fourth-order valence-electron chi connectivity index (χ4n) is 3.33. The maximum Gasteiger partial charge on any atom is 0.191 e. The van der Waals surface area contributed by atoms with Gasteiger partial charge in [-0.05, 0) is 25.3 Å². The zero-order valence-corrected chi connectivity index (χ0v) is 15.6. The van der Waals surface area contributed by atoms with Crippen LogP contribution in [0, 0.1) is 0 Å². The lowest BCUT2D eigenvalue weighted by Gasteiger charge is -2.38. The summed E-state index contributed by atoms with van der Waals surface area (Å²) in [6.45, 7) is 5.79. The van der Waals surface area contributed by atoms with Gasteiger partial charge in [-0.2, -0.15) is 5.10 Å². The molecule has 0 bridgehead atoms. The van der Waals surface area contributed by atoms with Crippen LogP contribution in [0.5, 0.6) is 0 Å². The molecule has 1 aliphatic heterocycles. The Morgan fingerprint density at radius 1 is 1.23 bits per heavy atom. The van der Waals surface area contributed by atoms with E-state index in [-0.39, 0.29) is 5.41 Å². The van der Waals surface area contributed by atoms with Gasteiger partial charge < -0.3 is 15.4 Å². The van der Waals surface area contributed by atoms with E-state index in [1.807, 2.05) is 7.05 Å². The second-order valence-electron chi connectivity index (χ2n) is 6.61. The SMILES string of the molecule is CCNC(=NCc1ncnn1C)NCC1(c2ccccc2)CCOCC1. The summed E-state index contributed by atoms with van der Waals surface area (Å²) in [5.41, 5.74) is 1.43. The van der Waals surface area contributed by atoms with Crippen molar-refractivity contribution in [3.8, 4) is 0 Å². The molecule has 0 spiro atoms. The molecule has 2 N–H and O–H groups in total. The molecule has 0 radical (unpaired) electrons. The van der Waals surface area contributed by atoms with Crippen LogP contribution in [0.1, 0.15) is 31.2 Å². The molecule has 7 nitrogen and oxygen atoms in total. The number of aryl methyl sites for hydroxylation is 1. The number of hydrogen-bond donors (Lipinski definition) is 2. The van der Waals surface area contributed by atoms with Crippen LogP contribution >= 0.6 is 0 Å². The topological polar surface area (TPSA) is 76.4 Å². The van der Waals surface area contributed by atoms with Crippen molar-refractivity contribution in [2.45, 2.75) is 31.7 Å². The number of rotatable bonds is 6. The Morgan fingerprint density at radius 2 is 2.00 bits per heavy atom. The van der Waals surface area contributed by atoms with Crippen LogP contribution in [0.3, 0.4) is 0 Å². The van der Waals surface area contributed by atoms with Gasteiger partial charge in [0, 0.05) is 38.8 Å². The van der Waals surface area contributed by atoms with E-state index < -0.39 is 0 Å². The molecular weight excluding hydrogens is 328 g/mol. The Kier molecular flexibility index (Phi) is 6.22. The third-order valence-corrected chi connectivity index (χ3v) is 4.96. The van der Waals surface area contributed by atoms with Crippen LogP contribution in [-0.4, -0.2) is 47.0 Å². The summed E-state index contributed by atoms with van der Waals surface area (Å²) in [6, 6.07) is 10.7. The minimum Gasteiger partial charge on any atom is -0.381 e. The van der Waals surface area contributed by atoms with E-state index in [1.165, 1.54) is 5.56 Å². The lowest BCUT2D eigenvalue weighted by atomic mass is 9.74. The van der Waals surface area contributed by atoms with Gasteiger partial charge in [-0.15, -0.1) is 0 Å². The third-order valence-electron chi connectivity index (χ3n) is 4.96. The Bertz CT molecular complexity index is 706. The van der Waals surface area contributed by atoms with Gasteiger partial charge >= 0.3 is 0 Å². The molecule has 2 aromatic rings. The van der Waals surface area contributed by atoms with E-state index in [4.69, 9.17) is 4.74 Å². The molecule has 140 valence electrons. The number of hydrogen-bond acceptors (Lipinski definition) is 4. The van der Waals surface area contributed by atoms with Crippen LogP contribution in [0.4, 0.5) is 0 Å². The van der Waals surface area contributed by atoms with Gasteiger partial charge in [0.25, 0.3) is 0 Å². The summed E-state index contributed by atoms with van der Waals surface area (Å²) in [4.78, 5) is 8.90. The van der Waals surface area contributed by atoms with Gasteiger partial charge in [-0.1, -0.05) is 30.3 Å². The van der Waals surface area contributed by atoms with E-state index in [2.05, 4.69) is 63.0 Å². The number of nitrogens with zero attached hydrogens (tertiary/aromatic N) is 4. The Hall–Kier alpha value is -2.41. The van der Waals surface area contributed by atoms with Crippen molar-refractivity contribution in [2.75, 3.05) is 26.3 Å². The van der Waals surface area contributed by atoms with Gasteiger partial charge in [0.15, 0.2) is 5.96 Å². The summed E-state index contributed by atoms with van der Waals surface area (Å²) >= 11 is 0. The third kappa shape index (κ3) is 4.40. The predicted octanol–water partition coefficient (Wildman–Crippen LogP) is 1.62. The number of aromatic nitrogens is 3. The first kappa shape index (κ1) is 18.4. The number of guanidine groups is 1. The smallest absolute Gasteiger partial charge is 0.191 e. The predicted molar refractivity (Wildman–Crippen MR) is 102 cm³/mol. The molecule has 1 aliphatic rings.